The predicted octanol–water partition coefficient (Wildman–Crippen LogP) is -2.77. The molecule has 0 radical (unpaired) electrons. The van der Waals surface area contributed by atoms with Crippen LogP contribution in [0, 0.1) is 5.92 Å². The topological polar surface area (TPSA) is 214 Å². The van der Waals surface area contributed by atoms with Gasteiger partial charge in [-0.2, -0.15) is 16.8 Å². The van der Waals surface area contributed by atoms with Gasteiger partial charge in [0.1, 0.15) is 30.5 Å². The summed E-state index contributed by atoms with van der Waals surface area (Å²) in [6.45, 7) is 0.642. The summed E-state index contributed by atoms with van der Waals surface area (Å²) >= 11 is 0. The van der Waals surface area contributed by atoms with Crippen molar-refractivity contribution < 1.29 is 68.2 Å². The Bertz CT molecular complexity index is 831. The van der Waals surface area contributed by atoms with E-state index in [0.29, 0.717) is 0 Å². The van der Waals surface area contributed by atoms with Gasteiger partial charge in [0.25, 0.3) is 0 Å². The van der Waals surface area contributed by atoms with Crippen molar-refractivity contribution in [3.05, 3.63) is 0 Å². The highest BCUT2D eigenvalue weighted by atomic mass is 32.3. The van der Waals surface area contributed by atoms with Crippen LogP contribution >= 0.6 is 0 Å². The molecular formula is C14H24O15S2. The Labute approximate surface area is 178 Å². The first-order valence-corrected chi connectivity index (χ1v) is 11.8. The summed E-state index contributed by atoms with van der Waals surface area (Å²) in [5, 5.41) is 19.6. The molecule has 0 aliphatic carbocycles. The molecule has 0 spiro atoms. The summed E-state index contributed by atoms with van der Waals surface area (Å²) in [5.41, 5.74) is 0. The van der Waals surface area contributed by atoms with Crippen LogP contribution in [0.3, 0.4) is 0 Å². The number of hydrogen-bond donors (Lipinski definition) is 4. The van der Waals surface area contributed by atoms with E-state index in [2.05, 4.69) is 8.37 Å². The van der Waals surface area contributed by atoms with Gasteiger partial charge in [0.05, 0.1) is 19.3 Å². The number of aliphatic hydroxyl groups is 2. The molecule has 0 saturated carbocycles. The molecule has 15 nitrogen and oxygen atoms in total. The summed E-state index contributed by atoms with van der Waals surface area (Å²) in [6, 6.07) is 0. The molecule has 3 aliphatic rings. The van der Waals surface area contributed by atoms with Crippen molar-refractivity contribution in [1.29, 1.82) is 0 Å². The molecular weight excluding hydrogens is 472 g/mol. The van der Waals surface area contributed by atoms with Crippen molar-refractivity contribution >= 4 is 20.8 Å². The number of ether oxygens (including phenoxy) is 5. The van der Waals surface area contributed by atoms with E-state index in [1.165, 1.54) is 14.0 Å². The maximum Gasteiger partial charge on any atom is 0.397 e. The van der Waals surface area contributed by atoms with Gasteiger partial charge in [-0.3, -0.25) is 9.11 Å². The van der Waals surface area contributed by atoms with Crippen molar-refractivity contribution in [3.8, 4) is 0 Å². The second-order valence-electron chi connectivity index (χ2n) is 7.23. The lowest BCUT2D eigenvalue weighted by atomic mass is 9.90. The van der Waals surface area contributed by atoms with Gasteiger partial charge < -0.3 is 33.9 Å². The van der Waals surface area contributed by atoms with Crippen molar-refractivity contribution in [2.24, 2.45) is 5.92 Å². The van der Waals surface area contributed by atoms with Crippen molar-refractivity contribution in [3.63, 3.8) is 0 Å². The third-order valence-electron chi connectivity index (χ3n) is 5.23. The highest BCUT2D eigenvalue weighted by Crippen LogP contribution is 2.38. The minimum atomic E-state index is -4.99. The molecule has 10 atom stereocenters. The SMILES string of the molecule is CO[C@H]1OC2COC([C@H]2O[C@@H]2OC(CO)[C@H](O)[C@H](C)C2OS(=O)(=O)O)[C@@H]1OS(=O)(=O)O. The zero-order valence-corrected chi connectivity index (χ0v) is 17.9. The van der Waals surface area contributed by atoms with E-state index in [1.807, 2.05) is 0 Å². The number of aliphatic hydroxyl groups excluding tert-OH is 2. The summed E-state index contributed by atoms with van der Waals surface area (Å²) in [6.07, 6.45) is -11.5. The smallest absolute Gasteiger partial charge is 0.394 e. The zero-order valence-electron chi connectivity index (χ0n) is 16.3. The van der Waals surface area contributed by atoms with Crippen LogP contribution in [-0.2, 0) is 52.8 Å². The molecule has 4 unspecified atom stereocenters. The van der Waals surface area contributed by atoms with Gasteiger partial charge in [0.15, 0.2) is 18.7 Å². The monoisotopic (exact) mass is 496 g/mol. The van der Waals surface area contributed by atoms with Gasteiger partial charge in [0, 0.05) is 13.0 Å². The molecule has 4 N–H and O–H groups in total. The van der Waals surface area contributed by atoms with Gasteiger partial charge in [0.2, 0.25) is 0 Å². The normalized spacial score (nSPS) is 43.8. The fraction of sp³-hybridized carbons (Fsp3) is 1.00. The van der Waals surface area contributed by atoms with E-state index in [1.54, 1.807) is 0 Å². The minimum absolute atomic E-state index is 0.0985. The fourth-order valence-corrected chi connectivity index (χ4v) is 4.83. The molecule has 3 saturated heterocycles. The van der Waals surface area contributed by atoms with Crippen molar-refractivity contribution in [2.75, 3.05) is 20.3 Å². The lowest BCUT2D eigenvalue weighted by Gasteiger charge is -2.45. The van der Waals surface area contributed by atoms with Crippen LogP contribution in [0.5, 0.6) is 0 Å². The molecule has 182 valence electrons. The van der Waals surface area contributed by atoms with Gasteiger partial charge in [-0.15, -0.1) is 0 Å². The number of methoxy groups -OCH3 is 1. The van der Waals surface area contributed by atoms with Crippen LogP contribution in [0.4, 0.5) is 0 Å². The molecule has 3 rings (SSSR count). The standard InChI is InChI=1S/C14H24O15S2/c1-5-8(16)6(3-15)25-14(9(5)28-30(17,18)19)27-10-7-4-24-11(10)12(13(23-2)26-7)29-31(20,21)22/h5-16H,3-4H2,1-2H3,(H,17,18,19)(H,20,21,22)/t5-,6?,7?,8+,9?,10-,11?,12-,13-,14-/m0/s1. The van der Waals surface area contributed by atoms with Crippen molar-refractivity contribution in [2.45, 2.75) is 62.2 Å². The van der Waals surface area contributed by atoms with Crippen LogP contribution in [-0.4, -0.2) is 112 Å². The lowest BCUT2D eigenvalue weighted by molar-refractivity contribution is -0.326. The summed E-state index contributed by atoms with van der Waals surface area (Å²) in [5.74, 6) is -0.988. The van der Waals surface area contributed by atoms with E-state index >= 15 is 0 Å². The van der Waals surface area contributed by atoms with E-state index in [9.17, 15) is 27.0 Å². The summed E-state index contributed by atoms with van der Waals surface area (Å²) in [7, 11) is -8.72. The molecule has 0 aromatic rings. The second-order valence-corrected chi connectivity index (χ2v) is 9.33. The van der Waals surface area contributed by atoms with E-state index in [0.717, 1.165) is 0 Å². The number of fused-ring (bicyclic) bond motifs is 2. The predicted molar refractivity (Wildman–Crippen MR) is 94.0 cm³/mol. The average Bonchev–Trinajstić information content (AvgIpc) is 2.94. The van der Waals surface area contributed by atoms with Gasteiger partial charge >= 0.3 is 20.8 Å². The average molecular weight is 496 g/mol. The Kier molecular flexibility index (Phi) is 7.58. The van der Waals surface area contributed by atoms with Gasteiger partial charge in [-0.25, -0.2) is 8.37 Å². The Morgan fingerprint density at radius 3 is 2.13 bits per heavy atom. The number of rotatable bonds is 8. The molecule has 0 amide bonds. The van der Waals surface area contributed by atoms with Crippen LogP contribution < -0.4 is 0 Å². The largest absolute Gasteiger partial charge is 0.397 e. The van der Waals surface area contributed by atoms with Crippen LogP contribution in [0.15, 0.2) is 0 Å². The molecule has 17 heteroatoms. The molecule has 3 fully saturated rings. The first kappa shape index (κ1) is 25.1. The molecule has 0 aromatic carbocycles. The maximum absolute atomic E-state index is 11.3. The Balaban J connectivity index is 1.85. The minimum Gasteiger partial charge on any atom is -0.394 e. The van der Waals surface area contributed by atoms with Crippen LogP contribution in [0.2, 0.25) is 0 Å². The zero-order chi connectivity index (χ0) is 23.1. The Morgan fingerprint density at radius 1 is 0.968 bits per heavy atom. The van der Waals surface area contributed by atoms with Gasteiger partial charge in [-0.05, 0) is 0 Å². The van der Waals surface area contributed by atoms with Crippen LogP contribution in [0.25, 0.3) is 0 Å². The van der Waals surface area contributed by atoms with Gasteiger partial charge in [-0.1, -0.05) is 6.92 Å². The first-order chi connectivity index (χ1) is 14.3. The second kappa shape index (κ2) is 9.37. The highest BCUT2D eigenvalue weighted by Gasteiger charge is 2.57. The van der Waals surface area contributed by atoms with Crippen LogP contribution in [0.1, 0.15) is 6.92 Å². The maximum atomic E-state index is 11.3. The summed E-state index contributed by atoms with van der Waals surface area (Å²) < 4.78 is 99.6. The highest BCUT2D eigenvalue weighted by molar-refractivity contribution is 7.81. The summed E-state index contributed by atoms with van der Waals surface area (Å²) in [4.78, 5) is 0. The van der Waals surface area contributed by atoms with E-state index in [4.69, 9.17) is 32.8 Å². The van der Waals surface area contributed by atoms with E-state index in [-0.39, 0.29) is 6.61 Å². The third-order valence-corrected chi connectivity index (χ3v) is 6.16. The molecule has 2 bridgehead atoms. The first-order valence-electron chi connectivity index (χ1n) is 9.05. The van der Waals surface area contributed by atoms with E-state index < -0.39 is 88.6 Å². The quantitative estimate of drug-likeness (QED) is 0.250. The molecule has 31 heavy (non-hydrogen) atoms. The number of hydrogen-bond acceptors (Lipinski definition) is 13. The molecule has 3 heterocycles. The lowest BCUT2D eigenvalue weighted by Crippen LogP contribution is -2.61. The fourth-order valence-electron chi connectivity index (χ4n) is 3.81. The molecule has 0 aromatic heterocycles. The third kappa shape index (κ3) is 5.69. The Morgan fingerprint density at radius 2 is 1.58 bits per heavy atom. The Hall–Kier alpha value is -0.540. The molecule has 3 aliphatic heterocycles. The van der Waals surface area contributed by atoms with Crippen molar-refractivity contribution in [1.82, 2.24) is 0 Å².